The molecule has 5 heteroatoms. The van der Waals surface area contributed by atoms with Crippen LogP contribution in [0.2, 0.25) is 5.02 Å². The number of fused-ring (bicyclic) bond motifs is 1. The van der Waals surface area contributed by atoms with E-state index < -0.39 is 0 Å². The average Bonchev–Trinajstić information content (AvgIpc) is 2.81. The van der Waals surface area contributed by atoms with Crippen molar-refractivity contribution in [2.75, 3.05) is 7.11 Å². The van der Waals surface area contributed by atoms with E-state index in [9.17, 15) is 0 Å². The molecule has 3 aromatic rings. The summed E-state index contributed by atoms with van der Waals surface area (Å²) in [5.74, 6) is 0.776. The van der Waals surface area contributed by atoms with Crippen LogP contribution in [0.15, 0.2) is 34.9 Å². The van der Waals surface area contributed by atoms with Gasteiger partial charge in [0.1, 0.15) is 17.0 Å². The van der Waals surface area contributed by atoms with Gasteiger partial charge in [-0.05, 0) is 25.1 Å². The lowest BCUT2D eigenvalue weighted by Crippen LogP contribution is -1.88. The van der Waals surface area contributed by atoms with Crippen molar-refractivity contribution in [3.05, 3.63) is 41.0 Å². The van der Waals surface area contributed by atoms with E-state index in [0.717, 1.165) is 22.7 Å². The number of ether oxygens (including phenoxy) is 1. The maximum atomic E-state index is 6.19. The maximum absolute atomic E-state index is 6.19. The van der Waals surface area contributed by atoms with Crippen LogP contribution in [0.3, 0.4) is 0 Å². The topological polar surface area (TPSA) is 48.2 Å². The first-order valence-corrected chi connectivity index (χ1v) is 6.14. The minimum absolute atomic E-state index is 0.503. The summed E-state index contributed by atoms with van der Waals surface area (Å²) in [6.07, 6.45) is 0. The van der Waals surface area contributed by atoms with Crippen molar-refractivity contribution in [3.63, 3.8) is 0 Å². The highest BCUT2D eigenvalue weighted by Crippen LogP contribution is 2.30. The standard InChI is InChI=1S/C14H11ClN2O2/c1-8-13-14(19-17-8)11(15)7-12(16-13)9-4-3-5-10(6-9)18-2/h3-7H,1-2H3. The van der Waals surface area contributed by atoms with E-state index in [0.29, 0.717) is 16.1 Å². The molecule has 0 spiro atoms. The summed E-state index contributed by atoms with van der Waals surface area (Å²) in [6.45, 7) is 1.84. The molecule has 96 valence electrons. The highest BCUT2D eigenvalue weighted by Gasteiger charge is 2.13. The zero-order valence-corrected chi connectivity index (χ0v) is 11.2. The van der Waals surface area contributed by atoms with E-state index in [1.807, 2.05) is 31.2 Å². The number of aromatic nitrogens is 2. The normalized spacial score (nSPS) is 10.9. The predicted octanol–water partition coefficient (Wildman–Crippen LogP) is 3.86. The molecular weight excluding hydrogens is 264 g/mol. The zero-order chi connectivity index (χ0) is 13.4. The fourth-order valence-corrected chi connectivity index (χ4v) is 2.15. The van der Waals surface area contributed by atoms with Crippen LogP contribution in [0.5, 0.6) is 5.75 Å². The summed E-state index contributed by atoms with van der Waals surface area (Å²) >= 11 is 6.19. The number of hydrogen-bond acceptors (Lipinski definition) is 4. The van der Waals surface area contributed by atoms with Crippen molar-refractivity contribution in [1.82, 2.24) is 10.1 Å². The van der Waals surface area contributed by atoms with E-state index in [4.69, 9.17) is 20.9 Å². The zero-order valence-electron chi connectivity index (χ0n) is 10.5. The number of hydrogen-bond donors (Lipinski definition) is 0. The molecule has 0 atom stereocenters. The van der Waals surface area contributed by atoms with Crippen molar-refractivity contribution in [1.29, 1.82) is 0 Å². The molecule has 3 rings (SSSR count). The minimum atomic E-state index is 0.503. The molecule has 2 aromatic heterocycles. The van der Waals surface area contributed by atoms with E-state index in [1.165, 1.54) is 0 Å². The Morgan fingerprint density at radius 2 is 2.11 bits per heavy atom. The Morgan fingerprint density at radius 3 is 2.89 bits per heavy atom. The fraction of sp³-hybridized carbons (Fsp3) is 0.143. The number of pyridine rings is 1. The molecule has 1 aromatic carbocycles. The Kier molecular flexibility index (Phi) is 2.87. The van der Waals surface area contributed by atoms with Crippen LogP contribution in [0.4, 0.5) is 0 Å². The van der Waals surface area contributed by atoms with Gasteiger partial charge in [-0.2, -0.15) is 0 Å². The molecule has 0 saturated heterocycles. The third kappa shape index (κ3) is 2.04. The molecular formula is C14H11ClN2O2. The summed E-state index contributed by atoms with van der Waals surface area (Å²) in [6, 6.07) is 9.43. The summed E-state index contributed by atoms with van der Waals surface area (Å²) in [5, 5.41) is 4.38. The van der Waals surface area contributed by atoms with E-state index in [1.54, 1.807) is 13.2 Å². The second-order valence-electron chi connectivity index (χ2n) is 4.17. The molecule has 0 fully saturated rings. The van der Waals surface area contributed by atoms with Gasteiger partial charge in [0.25, 0.3) is 0 Å². The van der Waals surface area contributed by atoms with Gasteiger partial charge in [-0.25, -0.2) is 4.98 Å². The van der Waals surface area contributed by atoms with Crippen molar-refractivity contribution >= 4 is 22.7 Å². The number of nitrogens with zero attached hydrogens (tertiary/aromatic N) is 2. The molecule has 0 aliphatic heterocycles. The molecule has 0 saturated carbocycles. The van der Waals surface area contributed by atoms with Crippen LogP contribution in [0, 0.1) is 6.92 Å². The lowest BCUT2D eigenvalue weighted by atomic mass is 10.1. The number of benzene rings is 1. The van der Waals surface area contributed by atoms with Gasteiger partial charge < -0.3 is 9.26 Å². The van der Waals surface area contributed by atoms with Crippen molar-refractivity contribution in [2.45, 2.75) is 6.92 Å². The Balaban J connectivity index is 2.21. The summed E-state index contributed by atoms with van der Waals surface area (Å²) in [5.41, 5.74) is 3.63. The molecule has 4 nitrogen and oxygen atoms in total. The van der Waals surface area contributed by atoms with E-state index in [-0.39, 0.29) is 0 Å². The van der Waals surface area contributed by atoms with Crippen LogP contribution >= 0.6 is 11.6 Å². The quantitative estimate of drug-likeness (QED) is 0.712. The first-order valence-electron chi connectivity index (χ1n) is 5.76. The minimum Gasteiger partial charge on any atom is -0.497 e. The molecule has 0 radical (unpaired) electrons. The van der Waals surface area contributed by atoms with Crippen LogP contribution in [0.25, 0.3) is 22.4 Å². The predicted molar refractivity (Wildman–Crippen MR) is 73.5 cm³/mol. The third-order valence-electron chi connectivity index (χ3n) is 2.91. The SMILES string of the molecule is COc1cccc(-c2cc(Cl)c3onc(C)c3n2)c1. The second-order valence-corrected chi connectivity index (χ2v) is 4.57. The number of rotatable bonds is 2. The van der Waals surface area contributed by atoms with Gasteiger partial charge >= 0.3 is 0 Å². The monoisotopic (exact) mass is 274 g/mol. The Hall–Kier alpha value is -2.07. The summed E-state index contributed by atoms with van der Waals surface area (Å²) < 4.78 is 10.4. The van der Waals surface area contributed by atoms with Crippen LogP contribution < -0.4 is 4.74 Å². The Labute approximate surface area is 115 Å². The molecule has 0 bridgehead atoms. The average molecular weight is 275 g/mol. The van der Waals surface area contributed by atoms with Crippen molar-refractivity contribution < 1.29 is 9.26 Å². The molecule has 0 unspecified atom stereocenters. The fourth-order valence-electron chi connectivity index (χ4n) is 1.92. The molecule has 19 heavy (non-hydrogen) atoms. The summed E-state index contributed by atoms with van der Waals surface area (Å²) in [7, 11) is 1.63. The molecule has 2 heterocycles. The van der Waals surface area contributed by atoms with Crippen LogP contribution in [0.1, 0.15) is 5.69 Å². The van der Waals surface area contributed by atoms with Gasteiger partial charge in [0.2, 0.25) is 5.58 Å². The lowest BCUT2D eigenvalue weighted by molar-refractivity contribution is 0.415. The highest BCUT2D eigenvalue weighted by molar-refractivity contribution is 6.35. The van der Waals surface area contributed by atoms with Crippen molar-refractivity contribution in [3.8, 4) is 17.0 Å². The third-order valence-corrected chi connectivity index (χ3v) is 3.19. The van der Waals surface area contributed by atoms with Crippen LogP contribution in [-0.4, -0.2) is 17.3 Å². The van der Waals surface area contributed by atoms with Gasteiger partial charge in [0, 0.05) is 5.56 Å². The smallest absolute Gasteiger partial charge is 0.204 e. The maximum Gasteiger partial charge on any atom is 0.204 e. The Bertz CT molecular complexity index is 752. The van der Waals surface area contributed by atoms with Gasteiger partial charge in [0.15, 0.2) is 0 Å². The van der Waals surface area contributed by atoms with Gasteiger partial charge in [-0.1, -0.05) is 28.9 Å². The molecule has 0 amide bonds. The number of methoxy groups -OCH3 is 1. The number of aryl methyl sites for hydroxylation is 1. The van der Waals surface area contributed by atoms with Gasteiger partial charge in [-0.3, -0.25) is 0 Å². The van der Waals surface area contributed by atoms with Gasteiger partial charge in [-0.15, -0.1) is 0 Å². The first-order chi connectivity index (χ1) is 9.19. The number of halogens is 1. The van der Waals surface area contributed by atoms with Crippen LogP contribution in [-0.2, 0) is 0 Å². The highest BCUT2D eigenvalue weighted by atomic mass is 35.5. The molecule has 0 aliphatic rings. The largest absolute Gasteiger partial charge is 0.497 e. The van der Waals surface area contributed by atoms with E-state index >= 15 is 0 Å². The Morgan fingerprint density at radius 1 is 1.26 bits per heavy atom. The van der Waals surface area contributed by atoms with Gasteiger partial charge in [0.05, 0.1) is 17.8 Å². The van der Waals surface area contributed by atoms with E-state index in [2.05, 4.69) is 10.1 Å². The van der Waals surface area contributed by atoms with Crippen molar-refractivity contribution in [2.24, 2.45) is 0 Å². The first kappa shape index (κ1) is 12.0. The summed E-state index contributed by atoms with van der Waals surface area (Å²) in [4.78, 5) is 4.54. The molecule has 0 aliphatic carbocycles. The molecule has 0 N–H and O–H groups in total. The second kappa shape index (κ2) is 4.55. The lowest BCUT2D eigenvalue weighted by Gasteiger charge is -2.04.